The number of carboxylic acids is 1. The Kier molecular flexibility index (Phi) is 5.48. The van der Waals surface area contributed by atoms with Crippen molar-refractivity contribution in [1.82, 2.24) is 9.97 Å². The molecule has 6 heteroatoms. The van der Waals surface area contributed by atoms with Crippen LogP contribution >= 0.6 is 0 Å². The van der Waals surface area contributed by atoms with E-state index in [2.05, 4.69) is 66.6 Å². The zero-order chi connectivity index (χ0) is 20.9. The van der Waals surface area contributed by atoms with E-state index in [1.165, 1.54) is 50.4 Å². The summed E-state index contributed by atoms with van der Waals surface area (Å²) in [6.07, 6.45) is 5.97. The molecular weight excluding hydrogens is 581 g/mol. The number of benzene rings is 2. The summed E-state index contributed by atoms with van der Waals surface area (Å²) in [5, 5.41) is 12.6. The molecule has 0 atom stereocenters. The molecule has 0 amide bonds. The molecule has 1 radical (unpaired) electrons. The first-order chi connectivity index (χ1) is 14.5. The van der Waals surface area contributed by atoms with Gasteiger partial charge in [-0.15, -0.1) is 35.0 Å². The van der Waals surface area contributed by atoms with Crippen molar-refractivity contribution in [2.24, 2.45) is 0 Å². The average Bonchev–Trinajstić information content (AvgIpc) is 3.28. The third-order valence-corrected chi connectivity index (χ3v) is 9.31. The van der Waals surface area contributed by atoms with Crippen molar-refractivity contribution >= 4 is 47.5 Å². The first-order valence-corrected chi connectivity index (χ1v) is 12.8. The second-order valence-corrected chi connectivity index (χ2v) is 12.2. The molecule has 3 heterocycles. The zero-order valence-electron chi connectivity index (χ0n) is 17.0. The number of aromatic carboxylic acids is 1. The molecule has 2 aromatic carbocycles. The molecule has 0 bridgehead atoms. The molecule has 2 aliphatic rings. The Labute approximate surface area is 195 Å². The Hall–Kier alpha value is -2.92. The summed E-state index contributed by atoms with van der Waals surface area (Å²) in [6.45, 7) is 4.87. The molecule has 1 aliphatic heterocycles. The second kappa shape index (κ2) is 7.97. The summed E-state index contributed by atoms with van der Waals surface area (Å²) in [4.78, 5) is 18.7. The first-order valence-electron chi connectivity index (χ1n) is 9.79. The van der Waals surface area contributed by atoms with Gasteiger partial charge in [0.15, 0.2) is 0 Å². The number of fused-ring (bicyclic) bond motifs is 4. The third kappa shape index (κ3) is 3.37. The van der Waals surface area contributed by atoms with E-state index in [1.54, 1.807) is 12.1 Å². The monoisotopic (exact) mass is 600 g/mol. The van der Waals surface area contributed by atoms with Crippen LogP contribution in [0.25, 0.3) is 34.3 Å². The normalized spacial score (nSPS) is 13.6. The SMILES string of the molecule is C[Si]1(C)c2ccc[c-]c2-c2nc3cccc4c3c(c21)C=C4.O=C(O)c1ccccn1.[Ir]. The Morgan fingerprint density at radius 3 is 2.58 bits per heavy atom. The maximum Gasteiger partial charge on any atom is 0.354 e. The average molecular weight is 600 g/mol. The van der Waals surface area contributed by atoms with Crippen molar-refractivity contribution in [3.63, 3.8) is 0 Å². The van der Waals surface area contributed by atoms with Gasteiger partial charge >= 0.3 is 5.97 Å². The van der Waals surface area contributed by atoms with Gasteiger partial charge in [-0.05, 0) is 35.0 Å². The minimum absolute atomic E-state index is 0. The molecule has 1 aliphatic carbocycles. The summed E-state index contributed by atoms with van der Waals surface area (Å²) in [6, 6.07) is 21.0. The summed E-state index contributed by atoms with van der Waals surface area (Å²) in [5.74, 6) is -0.990. The summed E-state index contributed by atoms with van der Waals surface area (Å²) < 4.78 is 0. The van der Waals surface area contributed by atoms with Crippen molar-refractivity contribution in [3.8, 4) is 11.3 Å². The number of nitrogens with zero attached hydrogens (tertiary/aromatic N) is 2. The Bertz CT molecular complexity index is 1350. The van der Waals surface area contributed by atoms with Gasteiger partial charge in [-0.2, -0.15) is 0 Å². The van der Waals surface area contributed by atoms with E-state index in [1.807, 2.05) is 6.07 Å². The Morgan fingerprint density at radius 2 is 1.87 bits per heavy atom. The number of aromatic nitrogens is 2. The van der Waals surface area contributed by atoms with E-state index in [4.69, 9.17) is 10.1 Å². The molecule has 4 nitrogen and oxygen atoms in total. The van der Waals surface area contributed by atoms with Gasteiger partial charge in [0.1, 0.15) is 5.69 Å². The molecule has 0 unspecified atom stereocenters. The van der Waals surface area contributed by atoms with Crippen molar-refractivity contribution in [2.45, 2.75) is 13.1 Å². The second-order valence-electron chi connectivity index (χ2n) is 7.93. The smallest absolute Gasteiger partial charge is 0.354 e. The Morgan fingerprint density at radius 1 is 1.03 bits per heavy atom. The topological polar surface area (TPSA) is 63.1 Å². The van der Waals surface area contributed by atoms with E-state index in [0.29, 0.717) is 0 Å². The minimum Gasteiger partial charge on any atom is -0.477 e. The third-order valence-electron chi connectivity index (χ3n) is 5.79. The number of carboxylic acid groups (broad SMARTS) is 1. The van der Waals surface area contributed by atoms with Crippen molar-refractivity contribution in [2.75, 3.05) is 0 Å². The van der Waals surface area contributed by atoms with Crippen molar-refractivity contribution < 1.29 is 30.0 Å². The molecule has 0 fully saturated rings. The molecule has 1 N–H and O–H groups in total. The minimum atomic E-state index is -1.68. The molecule has 0 saturated carbocycles. The van der Waals surface area contributed by atoms with Crippen LogP contribution in [-0.4, -0.2) is 29.1 Å². The number of rotatable bonds is 1. The van der Waals surface area contributed by atoms with Gasteiger partial charge in [-0.1, -0.05) is 48.6 Å². The van der Waals surface area contributed by atoms with E-state index in [9.17, 15) is 4.79 Å². The van der Waals surface area contributed by atoms with Crippen LogP contribution in [0.15, 0.2) is 60.8 Å². The molecule has 6 rings (SSSR count). The zero-order valence-corrected chi connectivity index (χ0v) is 20.4. The fraction of sp³-hybridized carbons (Fsp3) is 0.0800. The molecular formula is C25H19IrN2O2Si-. The van der Waals surface area contributed by atoms with Gasteiger partial charge in [-0.3, -0.25) is 4.98 Å². The summed E-state index contributed by atoms with van der Waals surface area (Å²) >= 11 is 0. The molecule has 2 aromatic heterocycles. The van der Waals surface area contributed by atoms with Crippen LogP contribution in [0.1, 0.15) is 21.6 Å². The van der Waals surface area contributed by atoms with Gasteiger partial charge in [-0.25, -0.2) is 9.78 Å². The van der Waals surface area contributed by atoms with Gasteiger partial charge in [0.25, 0.3) is 0 Å². The van der Waals surface area contributed by atoms with Crippen molar-refractivity contribution in [1.29, 1.82) is 0 Å². The molecule has 4 aromatic rings. The fourth-order valence-corrected chi connectivity index (χ4v) is 7.70. The first kappa shape index (κ1) is 21.3. The van der Waals surface area contributed by atoms with Gasteiger partial charge in [0, 0.05) is 31.7 Å². The summed E-state index contributed by atoms with van der Waals surface area (Å²) in [7, 11) is -1.68. The van der Waals surface area contributed by atoms with Gasteiger partial charge < -0.3 is 5.11 Å². The Balaban J connectivity index is 0.000000198. The number of carbonyl (C=O) groups is 1. The molecule has 155 valence electrons. The van der Waals surface area contributed by atoms with Crippen LogP contribution in [0, 0.1) is 6.07 Å². The maximum atomic E-state index is 10.1. The molecule has 0 spiro atoms. The quantitative estimate of drug-likeness (QED) is 0.233. The van der Waals surface area contributed by atoms with Gasteiger partial charge in [0.2, 0.25) is 0 Å². The van der Waals surface area contributed by atoms with Crippen LogP contribution in [0.2, 0.25) is 13.1 Å². The largest absolute Gasteiger partial charge is 0.477 e. The maximum absolute atomic E-state index is 10.1. The number of hydrogen-bond donors (Lipinski definition) is 1. The number of hydrogen-bond acceptors (Lipinski definition) is 3. The standard InChI is InChI=1S/C19H14NSi.C6H5NO2.Ir/c1-21(2)16-9-4-3-7-13(16)18-19(21)14-11-10-12-6-5-8-15(20-18)17(12)14;8-6(9)5-3-1-2-4-7-5;/h3-6,8-11H,1-2H3;1-4H,(H,8,9);/q-1;;. The predicted molar refractivity (Wildman–Crippen MR) is 123 cm³/mol. The van der Waals surface area contributed by atoms with E-state index < -0.39 is 14.0 Å². The van der Waals surface area contributed by atoms with Crippen LogP contribution in [0.5, 0.6) is 0 Å². The van der Waals surface area contributed by atoms with E-state index in [0.717, 1.165) is 5.52 Å². The molecule has 31 heavy (non-hydrogen) atoms. The van der Waals surface area contributed by atoms with Crippen LogP contribution in [0.3, 0.4) is 0 Å². The molecule has 0 saturated heterocycles. The van der Waals surface area contributed by atoms with E-state index in [-0.39, 0.29) is 25.8 Å². The fourth-order valence-electron chi connectivity index (χ4n) is 4.44. The summed E-state index contributed by atoms with van der Waals surface area (Å²) in [5.41, 5.74) is 6.31. The van der Waals surface area contributed by atoms with Crippen LogP contribution in [-0.2, 0) is 20.1 Å². The van der Waals surface area contributed by atoms with Crippen LogP contribution < -0.4 is 10.4 Å². The van der Waals surface area contributed by atoms with Crippen LogP contribution in [0.4, 0.5) is 0 Å². The van der Waals surface area contributed by atoms with Gasteiger partial charge in [0.05, 0.1) is 13.6 Å². The van der Waals surface area contributed by atoms with Crippen molar-refractivity contribution in [3.05, 3.63) is 83.7 Å². The number of pyridine rings is 2. The van der Waals surface area contributed by atoms with E-state index >= 15 is 0 Å². The predicted octanol–water partition coefficient (Wildman–Crippen LogP) is 4.10.